The number of hydrogen-bond acceptors (Lipinski definition) is 4. The van der Waals surface area contributed by atoms with Crippen LogP contribution in [0.1, 0.15) is 63.9 Å². The average Bonchev–Trinajstić information content (AvgIpc) is 2.90. The van der Waals surface area contributed by atoms with Crippen molar-refractivity contribution < 1.29 is 4.74 Å². The Balaban J connectivity index is 1.86. The molecule has 2 rings (SSSR count). The number of rotatable bonds is 7. The van der Waals surface area contributed by atoms with Gasteiger partial charge in [0.25, 0.3) is 0 Å². The average molecular weight is 311 g/mol. The van der Waals surface area contributed by atoms with Crippen molar-refractivity contribution in [2.45, 2.75) is 72.6 Å². The van der Waals surface area contributed by atoms with Gasteiger partial charge in [-0.05, 0) is 25.7 Å². The normalized spacial score (nSPS) is 25.9. The lowest BCUT2D eigenvalue weighted by molar-refractivity contribution is -0.125. The lowest BCUT2D eigenvalue weighted by Gasteiger charge is -2.52. The van der Waals surface area contributed by atoms with Gasteiger partial charge >= 0.3 is 0 Å². The van der Waals surface area contributed by atoms with Gasteiger partial charge in [-0.3, -0.25) is 0 Å². The Kier molecular flexibility index (Phi) is 5.44. The molecule has 0 aromatic carbocycles. The molecule has 4 heteroatoms. The predicted molar refractivity (Wildman–Crippen MR) is 89.8 cm³/mol. The fourth-order valence-corrected chi connectivity index (χ4v) is 3.69. The number of thiazole rings is 1. The zero-order valence-corrected chi connectivity index (χ0v) is 15.1. The van der Waals surface area contributed by atoms with Gasteiger partial charge in [0.1, 0.15) is 5.01 Å². The van der Waals surface area contributed by atoms with Gasteiger partial charge < -0.3 is 10.1 Å². The Labute approximate surface area is 133 Å². The first kappa shape index (κ1) is 16.9. The van der Waals surface area contributed by atoms with Gasteiger partial charge in [0, 0.05) is 29.1 Å². The van der Waals surface area contributed by atoms with Crippen LogP contribution in [0.15, 0.2) is 6.20 Å². The Morgan fingerprint density at radius 2 is 2.14 bits per heavy atom. The van der Waals surface area contributed by atoms with Gasteiger partial charge in [-0.2, -0.15) is 0 Å². The molecule has 21 heavy (non-hydrogen) atoms. The lowest BCUT2D eigenvalue weighted by Crippen LogP contribution is -2.61. The lowest BCUT2D eigenvalue weighted by atomic mass is 9.64. The summed E-state index contributed by atoms with van der Waals surface area (Å²) in [6, 6.07) is 0.837. The molecule has 1 aliphatic rings. The molecule has 0 aliphatic heterocycles. The fourth-order valence-electron chi connectivity index (χ4n) is 2.82. The summed E-state index contributed by atoms with van der Waals surface area (Å²) in [6.07, 6.45) is 4.58. The zero-order valence-electron chi connectivity index (χ0n) is 14.3. The summed E-state index contributed by atoms with van der Waals surface area (Å²) >= 11 is 1.83. The molecule has 1 fully saturated rings. The van der Waals surface area contributed by atoms with E-state index < -0.39 is 0 Å². The maximum atomic E-state index is 6.04. The van der Waals surface area contributed by atoms with Crippen molar-refractivity contribution in [3.8, 4) is 0 Å². The monoisotopic (exact) mass is 310 g/mol. The summed E-state index contributed by atoms with van der Waals surface area (Å²) < 4.78 is 6.04. The summed E-state index contributed by atoms with van der Waals surface area (Å²) in [4.78, 5) is 5.91. The molecule has 0 amide bonds. The summed E-state index contributed by atoms with van der Waals surface area (Å²) in [6.45, 7) is 14.3. The van der Waals surface area contributed by atoms with E-state index in [4.69, 9.17) is 4.74 Å². The maximum Gasteiger partial charge on any atom is 0.109 e. The fraction of sp³-hybridized carbons (Fsp3) is 0.824. The van der Waals surface area contributed by atoms with E-state index in [9.17, 15) is 0 Å². The largest absolute Gasteiger partial charge is 0.377 e. The third kappa shape index (κ3) is 3.85. The number of nitrogens with one attached hydrogen (secondary N) is 1. The number of nitrogens with zero attached hydrogens (tertiary/aromatic N) is 1. The third-order valence-corrected chi connectivity index (χ3v) is 5.87. The first-order valence-corrected chi connectivity index (χ1v) is 8.98. The van der Waals surface area contributed by atoms with Crippen LogP contribution in [0.2, 0.25) is 0 Å². The highest BCUT2D eigenvalue weighted by Crippen LogP contribution is 2.44. The van der Waals surface area contributed by atoms with Crippen molar-refractivity contribution in [2.24, 2.45) is 11.3 Å². The third-order valence-electron chi connectivity index (χ3n) is 4.55. The SMILES string of the molecule is CCc1cnc(C(C)NC2CC(OCC(C)C)C2(C)C)s1. The van der Waals surface area contributed by atoms with Crippen molar-refractivity contribution in [3.63, 3.8) is 0 Å². The van der Waals surface area contributed by atoms with E-state index in [-0.39, 0.29) is 5.41 Å². The van der Waals surface area contributed by atoms with E-state index in [2.05, 4.69) is 51.8 Å². The zero-order chi connectivity index (χ0) is 15.6. The molecule has 120 valence electrons. The highest BCUT2D eigenvalue weighted by molar-refractivity contribution is 7.11. The molecular formula is C17H30N2OS. The molecule has 1 aliphatic carbocycles. The van der Waals surface area contributed by atoms with E-state index in [0.29, 0.717) is 24.1 Å². The molecule has 0 bridgehead atoms. The van der Waals surface area contributed by atoms with Gasteiger partial charge in [0.05, 0.1) is 12.1 Å². The van der Waals surface area contributed by atoms with Gasteiger partial charge in [0.2, 0.25) is 0 Å². The predicted octanol–water partition coefficient (Wildman–Crippen LogP) is 4.20. The first-order valence-electron chi connectivity index (χ1n) is 8.16. The number of ether oxygens (including phenoxy) is 1. The Morgan fingerprint density at radius 1 is 1.43 bits per heavy atom. The van der Waals surface area contributed by atoms with E-state index in [1.54, 1.807) is 0 Å². The summed E-state index contributed by atoms with van der Waals surface area (Å²) in [7, 11) is 0. The quantitative estimate of drug-likeness (QED) is 0.819. The second kappa shape index (κ2) is 6.76. The number of aromatic nitrogens is 1. The van der Waals surface area contributed by atoms with Crippen LogP contribution >= 0.6 is 11.3 Å². The molecule has 3 atom stereocenters. The highest BCUT2D eigenvalue weighted by Gasteiger charge is 2.49. The van der Waals surface area contributed by atoms with Crippen LogP contribution < -0.4 is 5.32 Å². The van der Waals surface area contributed by atoms with Crippen LogP contribution in [0.25, 0.3) is 0 Å². The minimum absolute atomic E-state index is 0.202. The molecular weight excluding hydrogens is 280 g/mol. The Morgan fingerprint density at radius 3 is 2.67 bits per heavy atom. The van der Waals surface area contributed by atoms with E-state index >= 15 is 0 Å². The topological polar surface area (TPSA) is 34.2 Å². The van der Waals surface area contributed by atoms with Crippen molar-refractivity contribution in [1.29, 1.82) is 0 Å². The molecule has 0 spiro atoms. The van der Waals surface area contributed by atoms with Crippen molar-refractivity contribution in [3.05, 3.63) is 16.1 Å². The molecule has 1 saturated carbocycles. The summed E-state index contributed by atoms with van der Waals surface area (Å²) in [5, 5.41) is 4.95. The number of aryl methyl sites for hydroxylation is 1. The molecule has 1 heterocycles. The smallest absolute Gasteiger partial charge is 0.109 e. The van der Waals surface area contributed by atoms with E-state index in [0.717, 1.165) is 19.4 Å². The van der Waals surface area contributed by atoms with Crippen molar-refractivity contribution in [1.82, 2.24) is 10.3 Å². The van der Waals surface area contributed by atoms with Gasteiger partial charge in [-0.15, -0.1) is 11.3 Å². The van der Waals surface area contributed by atoms with Crippen LogP contribution in [-0.2, 0) is 11.2 Å². The first-order chi connectivity index (χ1) is 9.84. The molecule has 0 saturated heterocycles. The second-order valence-electron chi connectivity index (χ2n) is 7.23. The minimum atomic E-state index is 0.202. The molecule has 0 radical (unpaired) electrons. The molecule has 3 nitrogen and oxygen atoms in total. The summed E-state index contributed by atoms with van der Waals surface area (Å²) in [5.74, 6) is 0.606. The van der Waals surface area contributed by atoms with Gasteiger partial charge in [-0.1, -0.05) is 34.6 Å². The van der Waals surface area contributed by atoms with E-state index in [1.807, 2.05) is 17.5 Å². The van der Waals surface area contributed by atoms with Crippen LogP contribution in [0.3, 0.4) is 0 Å². The van der Waals surface area contributed by atoms with Crippen LogP contribution in [0.4, 0.5) is 0 Å². The summed E-state index contributed by atoms with van der Waals surface area (Å²) in [5.41, 5.74) is 0.202. The van der Waals surface area contributed by atoms with Crippen LogP contribution in [0, 0.1) is 11.3 Å². The molecule has 1 aromatic rings. The molecule has 1 aromatic heterocycles. The highest BCUT2D eigenvalue weighted by atomic mass is 32.1. The van der Waals surface area contributed by atoms with Crippen LogP contribution in [0.5, 0.6) is 0 Å². The maximum absolute atomic E-state index is 6.04. The van der Waals surface area contributed by atoms with Crippen molar-refractivity contribution in [2.75, 3.05) is 6.61 Å². The van der Waals surface area contributed by atoms with Crippen LogP contribution in [-0.4, -0.2) is 23.7 Å². The Bertz CT molecular complexity index is 455. The Hall–Kier alpha value is -0.450. The number of hydrogen-bond donors (Lipinski definition) is 1. The van der Waals surface area contributed by atoms with E-state index in [1.165, 1.54) is 9.88 Å². The van der Waals surface area contributed by atoms with Gasteiger partial charge in [0.15, 0.2) is 0 Å². The van der Waals surface area contributed by atoms with Crippen molar-refractivity contribution >= 4 is 11.3 Å². The standard InChI is InChI=1S/C17H30N2OS/c1-7-13-9-18-16(21-13)12(4)19-14-8-15(17(14,5)6)20-10-11(2)3/h9,11-12,14-15,19H,7-8,10H2,1-6H3. The minimum Gasteiger partial charge on any atom is -0.377 e. The second-order valence-corrected chi connectivity index (χ2v) is 8.38. The molecule has 1 N–H and O–H groups in total. The molecule has 3 unspecified atom stereocenters. The van der Waals surface area contributed by atoms with Gasteiger partial charge in [-0.25, -0.2) is 4.98 Å².